The van der Waals surface area contributed by atoms with E-state index in [1.54, 1.807) is 6.92 Å². The van der Waals surface area contributed by atoms with Gasteiger partial charge >= 0.3 is 0 Å². The molecule has 3 N–H and O–H groups in total. The van der Waals surface area contributed by atoms with E-state index >= 15 is 0 Å². The number of aliphatic imine (C=N–C) groups is 1. The van der Waals surface area contributed by atoms with Gasteiger partial charge in [-0.05, 0) is 36.8 Å². The van der Waals surface area contributed by atoms with Crippen LogP contribution >= 0.6 is 27.5 Å². The molecule has 2 aromatic carbocycles. The van der Waals surface area contributed by atoms with Crippen LogP contribution in [0.3, 0.4) is 0 Å². The van der Waals surface area contributed by atoms with E-state index in [2.05, 4.69) is 42.8 Å². The monoisotopic (exact) mass is 469 g/mol. The minimum atomic E-state index is -0.331. The number of amides is 1. The second kappa shape index (κ2) is 8.23. The molecule has 1 aromatic heterocycles. The summed E-state index contributed by atoms with van der Waals surface area (Å²) in [7, 11) is 0. The van der Waals surface area contributed by atoms with E-state index in [1.807, 2.05) is 42.5 Å². The van der Waals surface area contributed by atoms with Crippen molar-refractivity contribution in [2.75, 3.05) is 0 Å². The van der Waals surface area contributed by atoms with Crippen molar-refractivity contribution in [3.63, 3.8) is 0 Å². The molecule has 0 bridgehead atoms. The van der Waals surface area contributed by atoms with Crippen molar-refractivity contribution < 1.29 is 4.79 Å². The second-order valence-corrected chi connectivity index (χ2v) is 7.80. The molecule has 0 spiro atoms. The van der Waals surface area contributed by atoms with Crippen molar-refractivity contribution in [2.45, 2.75) is 13.3 Å². The van der Waals surface area contributed by atoms with Gasteiger partial charge in [0.2, 0.25) is 0 Å². The van der Waals surface area contributed by atoms with Gasteiger partial charge in [0.05, 0.1) is 12.0 Å². The van der Waals surface area contributed by atoms with Gasteiger partial charge in [-0.2, -0.15) is 0 Å². The van der Waals surface area contributed by atoms with Crippen LogP contribution in [0.15, 0.2) is 64.3 Å². The standard InChI is InChI=1S/C21H17BrClN5O/c1-12-20(25-11-24-12)21(29)28-27-19-9-7-14(15-4-2-3-5-17(15)23)16-10-13(22)6-8-18(16)26-19/h2-8,10-11H,9H2,1H3,(H,24,25)(H,26,27)(H,28,29). The van der Waals surface area contributed by atoms with Gasteiger partial charge in [0.25, 0.3) is 5.91 Å². The molecule has 8 heteroatoms. The highest BCUT2D eigenvalue weighted by Crippen LogP contribution is 2.38. The summed E-state index contributed by atoms with van der Waals surface area (Å²) in [5, 5.41) is 0.670. The number of aromatic nitrogens is 2. The number of hydrazine groups is 1. The summed E-state index contributed by atoms with van der Waals surface area (Å²) in [5.41, 5.74) is 10.3. The predicted octanol–water partition coefficient (Wildman–Crippen LogP) is 4.93. The van der Waals surface area contributed by atoms with Gasteiger partial charge < -0.3 is 4.98 Å². The number of H-pyrrole nitrogens is 1. The number of rotatable bonds is 2. The van der Waals surface area contributed by atoms with Crippen molar-refractivity contribution in [1.29, 1.82) is 0 Å². The largest absolute Gasteiger partial charge is 0.348 e. The molecular formula is C21H17BrClN5O. The van der Waals surface area contributed by atoms with Crippen LogP contribution in [0.1, 0.15) is 33.7 Å². The first-order valence-electron chi connectivity index (χ1n) is 8.92. The maximum Gasteiger partial charge on any atom is 0.290 e. The molecule has 0 unspecified atom stereocenters. The van der Waals surface area contributed by atoms with Gasteiger partial charge in [-0.3, -0.25) is 15.6 Å². The summed E-state index contributed by atoms with van der Waals surface area (Å²) in [6, 6.07) is 13.6. The number of nitrogens with one attached hydrogen (secondary N) is 3. The van der Waals surface area contributed by atoms with E-state index < -0.39 is 0 Å². The van der Waals surface area contributed by atoms with E-state index in [0.717, 1.165) is 26.9 Å². The van der Waals surface area contributed by atoms with Crippen LogP contribution in [0, 0.1) is 6.92 Å². The van der Waals surface area contributed by atoms with E-state index in [9.17, 15) is 4.79 Å². The average molecular weight is 471 g/mol. The molecule has 0 fully saturated rings. The molecule has 146 valence electrons. The number of carbonyl (C=O) groups is 1. The van der Waals surface area contributed by atoms with E-state index in [0.29, 0.717) is 28.7 Å². The third-order valence-electron chi connectivity index (χ3n) is 4.53. The third-order valence-corrected chi connectivity index (χ3v) is 5.36. The topological polar surface area (TPSA) is 82.2 Å². The SMILES string of the molecule is Cc1[nH]cnc1C(=O)NNC1=Nc2ccc(Br)cc2C(c2ccccc2Cl)=CC1. The van der Waals surface area contributed by atoms with E-state index in [4.69, 9.17) is 16.6 Å². The molecule has 0 saturated heterocycles. The average Bonchev–Trinajstić information content (AvgIpc) is 3.06. The Hall–Kier alpha value is -2.90. The van der Waals surface area contributed by atoms with Crippen LogP contribution in [0.2, 0.25) is 5.02 Å². The van der Waals surface area contributed by atoms with Crippen LogP contribution < -0.4 is 10.9 Å². The summed E-state index contributed by atoms with van der Waals surface area (Å²) in [4.78, 5) is 23.9. The lowest BCUT2D eigenvalue weighted by Gasteiger charge is -2.11. The number of aromatic amines is 1. The van der Waals surface area contributed by atoms with Gasteiger partial charge in [-0.25, -0.2) is 9.98 Å². The van der Waals surface area contributed by atoms with E-state index in [1.165, 1.54) is 6.33 Å². The second-order valence-electron chi connectivity index (χ2n) is 6.48. The Bertz CT molecular complexity index is 1150. The summed E-state index contributed by atoms with van der Waals surface area (Å²) in [6.45, 7) is 1.79. The molecule has 0 saturated carbocycles. The number of aryl methyl sites for hydroxylation is 1. The first-order valence-corrected chi connectivity index (χ1v) is 10.1. The highest BCUT2D eigenvalue weighted by Gasteiger charge is 2.18. The Morgan fingerprint density at radius 2 is 2.03 bits per heavy atom. The molecular weight excluding hydrogens is 454 g/mol. The highest BCUT2D eigenvalue weighted by molar-refractivity contribution is 9.10. The van der Waals surface area contributed by atoms with Gasteiger partial charge in [-0.15, -0.1) is 0 Å². The summed E-state index contributed by atoms with van der Waals surface area (Å²) >= 11 is 9.99. The maximum absolute atomic E-state index is 12.3. The van der Waals surface area contributed by atoms with Crippen molar-refractivity contribution in [3.05, 3.63) is 86.9 Å². The molecule has 0 radical (unpaired) electrons. The summed E-state index contributed by atoms with van der Waals surface area (Å²) in [5.74, 6) is 0.277. The number of hydrogen-bond acceptors (Lipinski definition) is 4. The Labute approximate surface area is 181 Å². The van der Waals surface area contributed by atoms with Crippen molar-refractivity contribution in [2.24, 2.45) is 4.99 Å². The number of fused-ring (bicyclic) bond motifs is 1. The number of nitrogens with zero attached hydrogens (tertiary/aromatic N) is 2. The van der Waals surface area contributed by atoms with Crippen LogP contribution in [0.5, 0.6) is 0 Å². The fraction of sp³-hybridized carbons (Fsp3) is 0.0952. The predicted molar refractivity (Wildman–Crippen MR) is 118 cm³/mol. The summed E-state index contributed by atoms with van der Waals surface area (Å²) in [6.07, 6.45) is 4.03. The number of amidine groups is 1. The van der Waals surface area contributed by atoms with E-state index in [-0.39, 0.29) is 5.91 Å². The molecule has 0 aliphatic carbocycles. The quantitative estimate of drug-likeness (QED) is 0.464. The number of hydrogen-bond donors (Lipinski definition) is 3. The zero-order valence-corrected chi connectivity index (χ0v) is 17.8. The Morgan fingerprint density at radius 3 is 2.79 bits per heavy atom. The highest BCUT2D eigenvalue weighted by atomic mass is 79.9. The van der Waals surface area contributed by atoms with Gasteiger partial charge in [0, 0.05) is 32.7 Å². The molecule has 0 atom stereocenters. The lowest BCUT2D eigenvalue weighted by atomic mass is 9.96. The normalized spacial score (nSPS) is 13.1. The minimum Gasteiger partial charge on any atom is -0.348 e. The molecule has 2 heterocycles. The number of benzene rings is 2. The fourth-order valence-corrected chi connectivity index (χ4v) is 3.71. The molecule has 3 aromatic rings. The van der Waals surface area contributed by atoms with Gasteiger partial charge in [0.15, 0.2) is 5.69 Å². The molecule has 1 aliphatic rings. The third kappa shape index (κ3) is 4.11. The lowest BCUT2D eigenvalue weighted by Crippen LogP contribution is -2.41. The van der Waals surface area contributed by atoms with Crippen LogP contribution in [0.25, 0.3) is 5.57 Å². The number of imidazole rings is 1. The van der Waals surface area contributed by atoms with Crippen molar-refractivity contribution in [3.8, 4) is 0 Å². The smallest absolute Gasteiger partial charge is 0.290 e. The fourth-order valence-electron chi connectivity index (χ4n) is 3.11. The Morgan fingerprint density at radius 1 is 1.21 bits per heavy atom. The van der Waals surface area contributed by atoms with Crippen LogP contribution in [-0.2, 0) is 0 Å². The van der Waals surface area contributed by atoms with Crippen LogP contribution in [0.4, 0.5) is 5.69 Å². The minimum absolute atomic E-state index is 0.331. The number of halogens is 2. The van der Waals surface area contributed by atoms with Crippen molar-refractivity contribution in [1.82, 2.24) is 20.8 Å². The Balaban J connectivity index is 1.65. The number of carbonyl (C=O) groups excluding carboxylic acids is 1. The zero-order valence-electron chi connectivity index (χ0n) is 15.5. The molecule has 6 nitrogen and oxygen atoms in total. The van der Waals surface area contributed by atoms with Crippen LogP contribution in [-0.4, -0.2) is 21.7 Å². The van der Waals surface area contributed by atoms with Gasteiger partial charge in [0.1, 0.15) is 5.84 Å². The van der Waals surface area contributed by atoms with Gasteiger partial charge in [-0.1, -0.05) is 51.8 Å². The molecule has 1 aliphatic heterocycles. The zero-order chi connectivity index (χ0) is 20.4. The lowest BCUT2D eigenvalue weighted by molar-refractivity contribution is 0.0938. The maximum atomic E-state index is 12.3. The van der Waals surface area contributed by atoms with Crippen molar-refractivity contribution >= 4 is 50.5 Å². The molecule has 4 rings (SSSR count). The molecule has 29 heavy (non-hydrogen) atoms. The molecule has 1 amide bonds. The summed E-state index contributed by atoms with van der Waals surface area (Å²) < 4.78 is 0.947. The first kappa shape index (κ1) is 19.4. The Kier molecular flexibility index (Phi) is 5.51. The first-order chi connectivity index (χ1) is 14.0.